The Hall–Kier alpha value is -2.67. The Balaban J connectivity index is 0. The smallest absolute Gasteiger partial charge is 0.145 e. The Morgan fingerprint density at radius 1 is 1.09 bits per heavy atom. The molecule has 4 N–H and O–H groups in total. The number of aliphatic hydroxyl groups is 2. The van der Waals surface area contributed by atoms with Crippen molar-refractivity contribution < 1.29 is 24.9 Å². The van der Waals surface area contributed by atoms with Crippen LogP contribution in [0.15, 0.2) is 70.6 Å². The van der Waals surface area contributed by atoms with Crippen molar-refractivity contribution in [2.24, 2.45) is 10.2 Å². The van der Waals surface area contributed by atoms with Gasteiger partial charge in [0.1, 0.15) is 25.0 Å². The molecule has 0 aliphatic heterocycles. The van der Waals surface area contributed by atoms with E-state index in [4.69, 9.17) is 22.6 Å². The largest absolute Gasteiger partial charge is 0.513 e. The van der Waals surface area contributed by atoms with Crippen molar-refractivity contribution in [1.29, 1.82) is 0 Å². The van der Waals surface area contributed by atoms with E-state index in [9.17, 15) is 10.2 Å². The van der Waals surface area contributed by atoms with Gasteiger partial charge < -0.3 is 24.9 Å². The van der Waals surface area contributed by atoms with Crippen LogP contribution in [0.25, 0.3) is 0 Å². The van der Waals surface area contributed by atoms with Gasteiger partial charge in [0.2, 0.25) is 0 Å². The first-order valence-corrected chi connectivity index (χ1v) is 10.5. The van der Waals surface area contributed by atoms with Gasteiger partial charge >= 0.3 is 0 Å². The van der Waals surface area contributed by atoms with Crippen molar-refractivity contribution in [2.75, 3.05) is 7.11 Å². The van der Waals surface area contributed by atoms with E-state index < -0.39 is 0 Å². The number of benzene rings is 2. The van der Waals surface area contributed by atoms with Crippen LogP contribution in [0.1, 0.15) is 39.7 Å². The molecular weight excluding hydrogens is 426 g/mol. The molecule has 2 aromatic rings. The lowest BCUT2D eigenvalue weighted by atomic mass is 9.96. The maximum Gasteiger partial charge on any atom is 0.145 e. The number of phenols is 1. The van der Waals surface area contributed by atoms with Gasteiger partial charge in [-0.2, -0.15) is 5.11 Å². The van der Waals surface area contributed by atoms with Crippen LogP contribution in [0.5, 0.6) is 11.5 Å². The summed E-state index contributed by atoms with van der Waals surface area (Å²) in [4.78, 5) is 6.92. The van der Waals surface area contributed by atoms with Crippen LogP contribution in [-0.2, 0) is 6.61 Å². The molecular formula is C23H34BN2O5P. The summed E-state index contributed by atoms with van der Waals surface area (Å²) in [6.07, 6.45) is 6.52. The fraction of sp³-hybridized carbons (Fsp3) is 0.304. The summed E-state index contributed by atoms with van der Waals surface area (Å²) in [5.41, 5.74) is 2.06. The summed E-state index contributed by atoms with van der Waals surface area (Å²) in [5.74, 6) is 0.936. The highest BCUT2D eigenvalue weighted by molar-refractivity contribution is 7.08. The van der Waals surface area contributed by atoms with E-state index in [0.717, 1.165) is 6.42 Å². The number of azo groups is 1. The third-order valence-electron chi connectivity index (χ3n) is 3.41. The Morgan fingerprint density at radius 2 is 1.69 bits per heavy atom. The topological polar surface area (TPSA) is 115 Å². The second-order valence-electron chi connectivity index (χ2n) is 5.75. The van der Waals surface area contributed by atoms with E-state index in [1.807, 2.05) is 26.0 Å². The first-order valence-electron chi connectivity index (χ1n) is 9.97. The van der Waals surface area contributed by atoms with E-state index in [1.54, 1.807) is 37.3 Å². The lowest BCUT2D eigenvalue weighted by molar-refractivity contribution is 0.281. The van der Waals surface area contributed by atoms with Crippen LogP contribution in [0.4, 0.5) is 11.4 Å². The second kappa shape index (κ2) is 20.2. The Morgan fingerprint density at radius 3 is 2.22 bits per heavy atom. The second-order valence-corrected chi connectivity index (χ2v) is 5.75. The summed E-state index contributed by atoms with van der Waals surface area (Å²) in [7, 11) is 8.60. The highest BCUT2D eigenvalue weighted by Gasteiger charge is 2.04. The van der Waals surface area contributed by atoms with Crippen molar-refractivity contribution in [2.45, 2.75) is 40.7 Å². The average Bonchev–Trinajstić information content (AvgIpc) is 2.81. The molecule has 0 aromatic heterocycles. The molecule has 2 radical (unpaired) electrons. The predicted molar refractivity (Wildman–Crippen MR) is 136 cm³/mol. The van der Waals surface area contributed by atoms with Crippen molar-refractivity contribution in [1.82, 2.24) is 0 Å². The number of hydrogen-bond acceptors (Lipinski definition) is 7. The number of nitrogens with zero attached hydrogens (tertiary/aromatic N) is 2. The van der Waals surface area contributed by atoms with E-state index in [1.165, 1.54) is 28.7 Å². The lowest BCUT2D eigenvalue weighted by Crippen LogP contribution is -2.01. The number of methoxy groups -OCH3 is 1. The minimum atomic E-state index is -0.234. The maximum absolute atomic E-state index is 9.35. The number of phenolic OH excluding ortho intramolecular Hbond substituents is 1. The first-order chi connectivity index (χ1) is 15.4. The van der Waals surface area contributed by atoms with Crippen molar-refractivity contribution in [3.63, 3.8) is 0 Å². The van der Waals surface area contributed by atoms with Gasteiger partial charge in [-0.05, 0) is 59.2 Å². The lowest BCUT2D eigenvalue weighted by Gasteiger charge is -2.05. The molecule has 2 aromatic carbocycles. The first kappa shape index (κ1) is 31.5. The van der Waals surface area contributed by atoms with Gasteiger partial charge in [-0.15, -0.1) is 5.11 Å². The molecule has 0 heterocycles. The minimum Gasteiger partial charge on any atom is -0.513 e. The summed E-state index contributed by atoms with van der Waals surface area (Å²) in [6.45, 7) is 7.47. The minimum absolute atomic E-state index is 0.0677. The van der Waals surface area contributed by atoms with E-state index in [0.29, 0.717) is 33.9 Å². The molecule has 0 saturated carbocycles. The Kier molecular flexibility index (Phi) is 19.9. The van der Waals surface area contributed by atoms with Crippen LogP contribution in [-0.4, -0.2) is 35.2 Å². The number of ether oxygens (including phenoxy) is 1. The highest BCUT2D eigenvalue weighted by Crippen LogP contribution is 2.30. The number of allylic oxidation sites excluding steroid dienone is 4. The third kappa shape index (κ3) is 13.6. The molecule has 0 aliphatic rings. The van der Waals surface area contributed by atoms with Gasteiger partial charge in [-0.3, -0.25) is 0 Å². The molecule has 32 heavy (non-hydrogen) atoms. The number of aromatic hydroxyl groups is 1. The van der Waals surface area contributed by atoms with Gasteiger partial charge in [0.25, 0.3) is 0 Å². The van der Waals surface area contributed by atoms with Crippen molar-refractivity contribution in [3.05, 3.63) is 65.9 Å². The molecule has 0 saturated heterocycles. The molecule has 174 valence electrons. The Bertz CT molecular complexity index is 799. The monoisotopic (exact) mass is 460 g/mol. The standard InChI is InChI=1S/C14H13BN2O3.C7H12O.C2H6.H3OP/c1-20-14-7-10(15)2-4-13(14)17-16-12-5-3-11(19)6-9(12)8-18;1-3-4-5-6-7(2)8;2*1-2/h2-7,18-19H,8H2,1H3;4-6,8H,3H2,1-2H3;1-2H3;1H,2H2/b;5-4-,7-6+;;. The molecule has 0 fully saturated rings. The molecule has 9 heteroatoms. The van der Waals surface area contributed by atoms with E-state index >= 15 is 0 Å². The highest BCUT2D eigenvalue weighted by atomic mass is 31.0. The fourth-order valence-corrected chi connectivity index (χ4v) is 2.02. The van der Waals surface area contributed by atoms with Gasteiger partial charge in [0, 0.05) is 5.56 Å². The van der Waals surface area contributed by atoms with Gasteiger partial charge in [-0.1, -0.05) is 44.5 Å². The quantitative estimate of drug-likeness (QED) is 0.153. The zero-order chi connectivity index (χ0) is 24.9. The van der Waals surface area contributed by atoms with Crippen LogP contribution < -0.4 is 10.2 Å². The predicted octanol–water partition coefficient (Wildman–Crippen LogP) is 5.31. The molecule has 7 nitrogen and oxygen atoms in total. The number of aliphatic hydroxyl groups excluding tert-OH is 2. The van der Waals surface area contributed by atoms with Crippen molar-refractivity contribution in [3.8, 4) is 11.5 Å². The summed E-state index contributed by atoms with van der Waals surface area (Å²) < 4.78 is 5.17. The molecule has 1 unspecified atom stereocenters. The van der Waals surface area contributed by atoms with Gasteiger partial charge in [-0.25, -0.2) is 0 Å². The molecule has 0 spiro atoms. The molecule has 1 atom stereocenters. The number of rotatable bonds is 6. The Labute approximate surface area is 194 Å². The van der Waals surface area contributed by atoms with Crippen LogP contribution in [0.3, 0.4) is 0 Å². The molecule has 2 rings (SSSR count). The normalized spacial score (nSPS) is 10.4. The van der Waals surface area contributed by atoms with Crippen LogP contribution in [0.2, 0.25) is 0 Å². The molecule has 0 aliphatic carbocycles. The average molecular weight is 460 g/mol. The summed E-state index contributed by atoms with van der Waals surface area (Å²) >= 11 is 0. The SMILES string of the molecule is CC.CC/C=C\C=C(/C)O.OP.[B]c1ccc(N=Nc2ccc(O)cc2CO)c(OC)c1. The van der Waals surface area contributed by atoms with Crippen LogP contribution >= 0.6 is 9.47 Å². The number of hydrogen-bond donors (Lipinski definition) is 4. The zero-order valence-corrected chi connectivity index (χ0v) is 20.5. The van der Waals surface area contributed by atoms with E-state index in [-0.39, 0.29) is 12.4 Å². The molecule has 0 bridgehead atoms. The van der Waals surface area contributed by atoms with E-state index in [2.05, 4.69) is 17.2 Å². The van der Waals surface area contributed by atoms with Gasteiger partial charge in [0.05, 0.1) is 25.2 Å². The fourth-order valence-electron chi connectivity index (χ4n) is 2.02. The summed E-state index contributed by atoms with van der Waals surface area (Å²) in [5, 5.41) is 35.3. The summed E-state index contributed by atoms with van der Waals surface area (Å²) in [6, 6.07) is 9.53. The van der Waals surface area contributed by atoms with Crippen molar-refractivity contribution >= 4 is 34.2 Å². The zero-order valence-electron chi connectivity index (χ0n) is 19.4. The van der Waals surface area contributed by atoms with Gasteiger partial charge in [0.15, 0.2) is 0 Å². The molecule has 0 amide bonds. The maximum atomic E-state index is 9.35. The third-order valence-corrected chi connectivity index (χ3v) is 3.41. The van der Waals surface area contributed by atoms with Crippen LogP contribution in [0, 0.1) is 0 Å².